The normalized spacial score (nSPS) is 14.5. The number of hydrogen-bond donors (Lipinski definition) is 2. The van der Waals surface area contributed by atoms with Gasteiger partial charge in [-0.05, 0) is 26.3 Å². The average Bonchev–Trinajstić information content (AvgIpc) is 3.06. The Hall–Kier alpha value is -2.30. The summed E-state index contributed by atoms with van der Waals surface area (Å²) in [7, 11) is 1.73. The maximum atomic E-state index is 12.0. The second-order valence-electron chi connectivity index (χ2n) is 8.11. The van der Waals surface area contributed by atoms with Crippen LogP contribution in [0.3, 0.4) is 0 Å². The molecule has 9 heteroatoms. The lowest BCUT2D eigenvalue weighted by atomic mass is 10.1. The molecule has 1 aromatic heterocycles. The zero-order valence-electron chi connectivity index (χ0n) is 18.0. The van der Waals surface area contributed by atoms with Crippen LogP contribution in [0.15, 0.2) is 47.7 Å². The Bertz CT molecular complexity index is 841. The Morgan fingerprint density at radius 2 is 1.97 bits per heavy atom. The van der Waals surface area contributed by atoms with Crippen molar-refractivity contribution in [3.63, 3.8) is 0 Å². The summed E-state index contributed by atoms with van der Waals surface area (Å²) in [6.45, 7) is 8.13. The van der Waals surface area contributed by atoms with Crippen LogP contribution in [0.4, 0.5) is 4.79 Å². The summed E-state index contributed by atoms with van der Waals surface area (Å²) >= 11 is 0. The summed E-state index contributed by atoms with van der Waals surface area (Å²) in [5.41, 5.74) is 0.750. The lowest BCUT2D eigenvalue weighted by Gasteiger charge is -2.40. The molecule has 1 aliphatic heterocycles. The molecule has 8 nitrogen and oxygen atoms in total. The van der Waals surface area contributed by atoms with Gasteiger partial charge in [0.15, 0.2) is 5.96 Å². The van der Waals surface area contributed by atoms with Crippen molar-refractivity contribution < 1.29 is 9.53 Å². The highest BCUT2D eigenvalue weighted by molar-refractivity contribution is 14.0. The third-order valence-electron chi connectivity index (χ3n) is 4.51. The Kier molecular flexibility index (Phi) is 8.51. The first-order valence-electron chi connectivity index (χ1n) is 9.83. The number of aromatic nitrogens is 2. The first-order chi connectivity index (χ1) is 13.8. The molecule has 0 unspecified atom stereocenters. The fraction of sp³-hybridized carbons (Fsp3) is 0.476. The third-order valence-corrected chi connectivity index (χ3v) is 4.51. The van der Waals surface area contributed by atoms with E-state index in [0.717, 1.165) is 12.4 Å². The van der Waals surface area contributed by atoms with Gasteiger partial charge in [-0.15, -0.1) is 24.0 Å². The van der Waals surface area contributed by atoms with Gasteiger partial charge in [0.2, 0.25) is 0 Å². The summed E-state index contributed by atoms with van der Waals surface area (Å²) in [6, 6.07) is 10.4. The molecular formula is C21H31IN6O2. The Labute approximate surface area is 195 Å². The fourth-order valence-corrected chi connectivity index (χ4v) is 3.03. The van der Waals surface area contributed by atoms with Gasteiger partial charge in [-0.1, -0.05) is 30.3 Å². The number of guanidine groups is 1. The Morgan fingerprint density at radius 1 is 1.27 bits per heavy atom. The van der Waals surface area contributed by atoms with Gasteiger partial charge in [-0.2, -0.15) is 0 Å². The average molecular weight is 526 g/mol. The number of carbonyl (C=O) groups excluding carboxylic acids is 1. The van der Waals surface area contributed by atoms with E-state index in [1.54, 1.807) is 18.1 Å². The number of nitrogens with one attached hydrogen (secondary N) is 2. The fourth-order valence-electron chi connectivity index (χ4n) is 3.03. The maximum absolute atomic E-state index is 12.0. The van der Waals surface area contributed by atoms with Gasteiger partial charge in [0.1, 0.15) is 11.4 Å². The number of carbonyl (C=O) groups is 1. The highest BCUT2D eigenvalue weighted by Gasteiger charge is 2.34. The van der Waals surface area contributed by atoms with E-state index in [1.165, 1.54) is 5.56 Å². The molecule has 0 spiro atoms. The monoisotopic (exact) mass is 526 g/mol. The number of rotatable bonds is 5. The molecule has 0 bridgehead atoms. The maximum Gasteiger partial charge on any atom is 0.410 e. The van der Waals surface area contributed by atoms with E-state index < -0.39 is 5.60 Å². The van der Waals surface area contributed by atoms with Crippen molar-refractivity contribution in [3.8, 4) is 0 Å². The minimum Gasteiger partial charge on any atom is -0.444 e. The molecule has 2 N–H and O–H groups in total. The van der Waals surface area contributed by atoms with Crippen molar-refractivity contribution in [2.45, 2.75) is 45.5 Å². The quantitative estimate of drug-likeness (QED) is 0.356. The van der Waals surface area contributed by atoms with Crippen LogP contribution in [0.1, 0.15) is 32.2 Å². The molecule has 0 atom stereocenters. The van der Waals surface area contributed by atoms with Gasteiger partial charge < -0.3 is 24.8 Å². The Balaban J connectivity index is 0.00000320. The number of imidazole rings is 1. The number of nitrogens with zero attached hydrogens (tertiary/aromatic N) is 4. The summed E-state index contributed by atoms with van der Waals surface area (Å²) in [5.74, 6) is 1.62. The van der Waals surface area contributed by atoms with Gasteiger partial charge in [-0.3, -0.25) is 4.99 Å². The highest BCUT2D eigenvalue weighted by atomic mass is 127. The number of amides is 1. The summed E-state index contributed by atoms with van der Waals surface area (Å²) in [5, 5.41) is 6.64. The molecule has 3 rings (SSSR count). The van der Waals surface area contributed by atoms with Crippen LogP contribution in [0.25, 0.3) is 0 Å². The molecule has 1 amide bonds. The van der Waals surface area contributed by atoms with Gasteiger partial charge in [-0.25, -0.2) is 9.78 Å². The minimum atomic E-state index is -0.477. The predicted molar refractivity (Wildman–Crippen MR) is 128 cm³/mol. The molecular weight excluding hydrogens is 495 g/mol. The molecule has 1 aliphatic rings. The van der Waals surface area contributed by atoms with Crippen LogP contribution < -0.4 is 10.6 Å². The van der Waals surface area contributed by atoms with Gasteiger partial charge in [0, 0.05) is 39.1 Å². The zero-order valence-corrected chi connectivity index (χ0v) is 20.3. The van der Waals surface area contributed by atoms with E-state index in [-0.39, 0.29) is 36.1 Å². The number of likely N-dealkylation sites (tertiary alicyclic amines) is 1. The molecule has 1 fully saturated rings. The predicted octanol–water partition coefficient (Wildman–Crippen LogP) is 2.83. The van der Waals surface area contributed by atoms with Crippen molar-refractivity contribution in [1.29, 1.82) is 0 Å². The van der Waals surface area contributed by atoms with Gasteiger partial charge >= 0.3 is 6.09 Å². The minimum absolute atomic E-state index is 0. The lowest BCUT2D eigenvalue weighted by molar-refractivity contribution is 0.00701. The summed E-state index contributed by atoms with van der Waals surface area (Å²) in [6.07, 6.45) is 3.51. The van der Waals surface area contributed by atoms with Crippen LogP contribution in [-0.2, 0) is 17.8 Å². The lowest BCUT2D eigenvalue weighted by Crippen LogP contribution is -2.63. The second-order valence-corrected chi connectivity index (χ2v) is 8.11. The van der Waals surface area contributed by atoms with Crippen molar-refractivity contribution in [2.24, 2.45) is 4.99 Å². The molecule has 0 aliphatic carbocycles. The molecule has 2 aromatic rings. The summed E-state index contributed by atoms with van der Waals surface area (Å²) in [4.78, 5) is 22.4. The van der Waals surface area contributed by atoms with E-state index in [0.29, 0.717) is 25.6 Å². The molecule has 2 heterocycles. The number of halogens is 1. The second kappa shape index (κ2) is 10.6. The van der Waals surface area contributed by atoms with E-state index >= 15 is 0 Å². The van der Waals surface area contributed by atoms with Crippen LogP contribution >= 0.6 is 24.0 Å². The number of hydrogen-bond acceptors (Lipinski definition) is 4. The molecule has 1 saturated heterocycles. The van der Waals surface area contributed by atoms with E-state index in [1.807, 2.05) is 45.2 Å². The SMILES string of the molecule is CN=C(NCc1nccn1Cc1ccccc1)NC1CN(C(=O)OC(C)(C)C)C1.I. The van der Waals surface area contributed by atoms with Crippen molar-refractivity contribution in [1.82, 2.24) is 25.1 Å². The number of ether oxygens (including phenoxy) is 1. The largest absolute Gasteiger partial charge is 0.444 e. The zero-order chi connectivity index (χ0) is 20.9. The van der Waals surface area contributed by atoms with Crippen LogP contribution in [0.2, 0.25) is 0 Å². The Morgan fingerprint density at radius 3 is 2.60 bits per heavy atom. The smallest absolute Gasteiger partial charge is 0.410 e. The van der Waals surface area contributed by atoms with Crippen LogP contribution in [0.5, 0.6) is 0 Å². The van der Waals surface area contributed by atoms with Crippen LogP contribution in [-0.4, -0.2) is 58.3 Å². The number of benzene rings is 1. The molecule has 0 saturated carbocycles. The van der Waals surface area contributed by atoms with Gasteiger partial charge in [0.05, 0.1) is 12.6 Å². The van der Waals surface area contributed by atoms with Crippen molar-refractivity contribution in [3.05, 3.63) is 54.1 Å². The molecule has 0 radical (unpaired) electrons. The molecule has 30 heavy (non-hydrogen) atoms. The topological polar surface area (TPSA) is 83.8 Å². The standard InChI is InChI=1S/C21H30N6O2.HI/c1-21(2,3)29-20(28)27-14-17(15-27)25-19(22-4)24-12-18-23-10-11-26(18)13-16-8-6-5-7-9-16;/h5-11,17H,12-15H2,1-4H3,(H2,22,24,25);1H. The molecule has 1 aromatic carbocycles. The van der Waals surface area contributed by atoms with E-state index in [2.05, 4.69) is 37.3 Å². The first kappa shape index (κ1) is 24.0. The third kappa shape index (κ3) is 6.89. The van der Waals surface area contributed by atoms with E-state index in [9.17, 15) is 4.79 Å². The van der Waals surface area contributed by atoms with Gasteiger partial charge in [0.25, 0.3) is 0 Å². The van der Waals surface area contributed by atoms with Crippen molar-refractivity contribution in [2.75, 3.05) is 20.1 Å². The first-order valence-corrected chi connectivity index (χ1v) is 9.83. The van der Waals surface area contributed by atoms with Crippen molar-refractivity contribution >= 4 is 36.0 Å². The summed E-state index contributed by atoms with van der Waals surface area (Å²) < 4.78 is 7.50. The highest BCUT2D eigenvalue weighted by Crippen LogP contribution is 2.15. The van der Waals surface area contributed by atoms with E-state index in [4.69, 9.17) is 4.74 Å². The van der Waals surface area contributed by atoms with Crippen LogP contribution in [0, 0.1) is 0 Å². The number of aliphatic imine (C=N–C) groups is 1. The molecule has 164 valence electrons.